The van der Waals surface area contributed by atoms with E-state index >= 15 is 0 Å². The van der Waals surface area contributed by atoms with E-state index in [0.29, 0.717) is 6.04 Å². The van der Waals surface area contributed by atoms with Crippen LogP contribution in [0.15, 0.2) is 18.2 Å². The average molecular weight is 304 g/mol. The molecule has 0 aromatic heterocycles. The Morgan fingerprint density at radius 3 is 2.41 bits per heavy atom. The van der Waals surface area contributed by atoms with Crippen molar-refractivity contribution < 1.29 is 9.53 Å². The highest BCUT2D eigenvalue weighted by Gasteiger charge is 2.26. The summed E-state index contributed by atoms with van der Waals surface area (Å²) in [6.07, 6.45) is 1.87. The average Bonchev–Trinajstić information content (AvgIpc) is 2.51. The van der Waals surface area contributed by atoms with Gasteiger partial charge in [-0.15, -0.1) is 0 Å². The molecule has 1 fully saturated rings. The third-order valence-electron chi connectivity index (χ3n) is 4.43. The van der Waals surface area contributed by atoms with Crippen molar-refractivity contribution in [3.05, 3.63) is 34.9 Å². The Bertz CT molecular complexity index is 508. The lowest BCUT2D eigenvalue weighted by molar-refractivity contribution is 0.0276. The number of hydrogen-bond acceptors (Lipinski definition) is 3. The maximum absolute atomic E-state index is 13.0. The first kappa shape index (κ1) is 17.0. The van der Waals surface area contributed by atoms with Gasteiger partial charge in [0.15, 0.2) is 0 Å². The number of amides is 1. The van der Waals surface area contributed by atoms with Gasteiger partial charge in [-0.05, 0) is 64.0 Å². The predicted molar refractivity (Wildman–Crippen MR) is 89.3 cm³/mol. The third kappa shape index (κ3) is 4.31. The van der Waals surface area contributed by atoms with Crippen LogP contribution < -0.4 is 0 Å². The van der Waals surface area contributed by atoms with Gasteiger partial charge in [-0.3, -0.25) is 4.79 Å². The van der Waals surface area contributed by atoms with Gasteiger partial charge in [-0.2, -0.15) is 0 Å². The molecule has 4 heteroatoms. The van der Waals surface area contributed by atoms with E-state index in [2.05, 4.69) is 18.7 Å². The summed E-state index contributed by atoms with van der Waals surface area (Å²) >= 11 is 0. The first-order valence-electron chi connectivity index (χ1n) is 8.09. The molecular formula is C18H28N2O2. The molecule has 2 rings (SSSR count). The van der Waals surface area contributed by atoms with Crippen molar-refractivity contribution in [2.75, 3.05) is 40.4 Å². The van der Waals surface area contributed by atoms with Crippen molar-refractivity contribution in [2.24, 2.45) is 0 Å². The van der Waals surface area contributed by atoms with E-state index in [1.165, 1.54) is 11.1 Å². The van der Waals surface area contributed by atoms with E-state index in [0.717, 1.165) is 44.7 Å². The molecule has 1 saturated heterocycles. The highest BCUT2D eigenvalue weighted by molar-refractivity contribution is 5.94. The molecule has 0 unspecified atom stereocenters. The standard InChI is InChI=1S/C18H28N2O2/c1-14-5-6-16(13-15(14)2)18(21)20(10-9-19(3)4)17-7-11-22-12-8-17/h5-6,13,17H,7-12H2,1-4H3. The minimum Gasteiger partial charge on any atom is -0.381 e. The normalized spacial score (nSPS) is 16.0. The molecule has 22 heavy (non-hydrogen) atoms. The maximum atomic E-state index is 13.0. The molecule has 1 heterocycles. The van der Waals surface area contributed by atoms with Crippen LogP contribution in [0.25, 0.3) is 0 Å². The van der Waals surface area contributed by atoms with Gasteiger partial charge >= 0.3 is 0 Å². The van der Waals surface area contributed by atoms with Crippen LogP contribution >= 0.6 is 0 Å². The molecule has 1 aromatic carbocycles. The second-order valence-corrected chi connectivity index (χ2v) is 6.44. The van der Waals surface area contributed by atoms with Crippen molar-refractivity contribution in [1.29, 1.82) is 0 Å². The van der Waals surface area contributed by atoms with Gasteiger partial charge in [0.1, 0.15) is 0 Å². The van der Waals surface area contributed by atoms with Gasteiger partial charge in [-0.25, -0.2) is 0 Å². The molecule has 1 aromatic rings. The molecule has 0 saturated carbocycles. The molecule has 0 bridgehead atoms. The molecule has 1 amide bonds. The number of nitrogens with zero attached hydrogens (tertiary/aromatic N) is 2. The Morgan fingerprint density at radius 1 is 1.14 bits per heavy atom. The summed E-state index contributed by atoms with van der Waals surface area (Å²) in [6, 6.07) is 6.30. The molecule has 1 aliphatic heterocycles. The lowest BCUT2D eigenvalue weighted by Gasteiger charge is -2.35. The van der Waals surface area contributed by atoms with E-state index < -0.39 is 0 Å². The van der Waals surface area contributed by atoms with E-state index in [9.17, 15) is 4.79 Å². The molecule has 0 atom stereocenters. The van der Waals surface area contributed by atoms with Crippen molar-refractivity contribution in [3.8, 4) is 0 Å². The fourth-order valence-corrected chi connectivity index (χ4v) is 2.79. The van der Waals surface area contributed by atoms with Crippen LogP contribution in [0.2, 0.25) is 0 Å². The van der Waals surface area contributed by atoms with Crippen molar-refractivity contribution in [3.63, 3.8) is 0 Å². The van der Waals surface area contributed by atoms with Gasteiger partial charge < -0.3 is 14.5 Å². The number of carbonyl (C=O) groups excluding carboxylic acids is 1. The summed E-state index contributed by atoms with van der Waals surface area (Å²) in [6.45, 7) is 7.29. The van der Waals surface area contributed by atoms with Crippen molar-refractivity contribution in [2.45, 2.75) is 32.7 Å². The second-order valence-electron chi connectivity index (χ2n) is 6.44. The number of ether oxygens (including phenoxy) is 1. The van der Waals surface area contributed by atoms with Gasteiger partial charge in [0.25, 0.3) is 5.91 Å². The number of benzene rings is 1. The summed E-state index contributed by atoms with van der Waals surface area (Å²) < 4.78 is 5.45. The van der Waals surface area contributed by atoms with Crippen LogP contribution in [0.3, 0.4) is 0 Å². The quantitative estimate of drug-likeness (QED) is 0.838. The largest absolute Gasteiger partial charge is 0.381 e. The zero-order valence-electron chi connectivity index (χ0n) is 14.3. The Labute approximate surface area is 134 Å². The minimum absolute atomic E-state index is 0.150. The third-order valence-corrected chi connectivity index (χ3v) is 4.43. The Balaban J connectivity index is 2.18. The minimum atomic E-state index is 0.150. The van der Waals surface area contributed by atoms with E-state index in [1.54, 1.807) is 0 Å². The predicted octanol–water partition coefficient (Wildman–Crippen LogP) is 2.49. The maximum Gasteiger partial charge on any atom is 0.254 e. The molecular weight excluding hydrogens is 276 g/mol. The second kappa shape index (κ2) is 7.75. The van der Waals surface area contributed by atoms with Crippen LogP contribution in [0.4, 0.5) is 0 Å². The fourth-order valence-electron chi connectivity index (χ4n) is 2.79. The summed E-state index contributed by atoms with van der Waals surface area (Å²) in [4.78, 5) is 17.2. The molecule has 122 valence electrons. The van der Waals surface area contributed by atoms with Gasteiger partial charge in [0.2, 0.25) is 0 Å². The fraction of sp³-hybridized carbons (Fsp3) is 0.611. The lowest BCUT2D eigenvalue weighted by Crippen LogP contribution is -2.46. The van der Waals surface area contributed by atoms with E-state index in [4.69, 9.17) is 4.74 Å². The number of rotatable bonds is 5. The number of hydrogen-bond donors (Lipinski definition) is 0. The van der Waals surface area contributed by atoms with Gasteiger partial charge in [-0.1, -0.05) is 6.07 Å². The van der Waals surface area contributed by atoms with Crippen LogP contribution in [0.5, 0.6) is 0 Å². The number of carbonyl (C=O) groups is 1. The molecule has 4 nitrogen and oxygen atoms in total. The molecule has 0 aliphatic carbocycles. The summed E-state index contributed by atoms with van der Waals surface area (Å²) in [5.74, 6) is 0.150. The van der Waals surface area contributed by atoms with Gasteiger partial charge in [0.05, 0.1) is 0 Å². The number of likely N-dealkylation sites (N-methyl/N-ethyl adjacent to an activating group) is 1. The van der Waals surface area contributed by atoms with Crippen LogP contribution in [0, 0.1) is 13.8 Å². The Hall–Kier alpha value is -1.39. The molecule has 0 N–H and O–H groups in total. The zero-order valence-corrected chi connectivity index (χ0v) is 14.3. The highest BCUT2D eigenvalue weighted by atomic mass is 16.5. The monoisotopic (exact) mass is 304 g/mol. The van der Waals surface area contributed by atoms with E-state index in [1.807, 2.05) is 37.2 Å². The SMILES string of the molecule is Cc1ccc(C(=O)N(CCN(C)C)C2CCOCC2)cc1C. The van der Waals surface area contributed by atoms with E-state index in [-0.39, 0.29) is 5.91 Å². The Morgan fingerprint density at radius 2 is 1.82 bits per heavy atom. The van der Waals surface area contributed by atoms with Crippen LogP contribution in [0.1, 0.15) is 34.3 Å². The lowest BCUT2D eigenvalue weighted by atomic mass is 10.0. The first-order valence-corrected chi connectivity index (χ1v) is 8.09. The molecule has 0 spiro atoms. The van der Waals surface area contributed by atoms with Crippen molar-refractivity contribution in [1.82, 2.24) is 9.80 Å². The smallest absolute Gasteiger partial charge is 0.254 e. The van der Waals surface area contributed by atoms with Gasteiger partial charge in [0, 0.05) is 37.9 Å². The summed E-state index contributed by atoms with van der Waals surface area (Å²) in [7, 11) is 4.09. The van der Waals surface area contributed by atoms with Crippen LogP contribution in [-0.4, -0.2) is 62.1 Å². The summed E-state index contributed by atoms with van der Waals surface area (Å²) in [5, 5.41) is 0. The zero-order chi connectivity index (χ0) is 16.1. The number of aryl methyl sites for hydroxylation is 2. The van der Waals surface area contributed by atoms with Crippen molar-refractivity contribution >= 4 is 5.91 Å². The Kier molecular flexibility index (Phi) is 5.98. The van der Waals surface area contributed by atoms with Crippen LogP contribution in [-0.2, 0) is 4.74 Å². The highest BCUT2D eigenvalue weighted by Crippen LogP contribution is 2.19. The molecule has 0 radical (unpaired) electrons. The topological polar surface area (TPSA) is 32.8 Å². The first-order chi connectivity index (χ1) is 10.5. The summed E-state index contributed by atoms with van der Waals surface area (Å²) in [5.41, 5.74) is 3.20. The molecule has 1 aliphatic rings.